The van der Waals surface area contributed by atoms with Crippen LogP contribution in [0.3, 0.4) is 0 Å². The first-order valence-corrected chi connectivity index (χ1v) is 7.32. The minimum atomic E-state index is -0.539. The van der Waals surface area contributed by atoms with Crippen LogP contribution in [0.4, 0.5) is 11.4 Å². The zero-order valence-electron chi connectivity index (χ0n) is 12.1. The number of benzene rings is 1. The molecule has 0 aliphatic carbocycles. The van der Waals surface area contributed by atoms with Crippen molar-refractivity contribution in [2.75, 3.05) is 0 Å². The third-order valence-electron chi connectivity index (χ3n) is 2.80. The number of halogens is 2. The normalized spacial score (nSPS) is 10.8. The topological polar surface area (TPSA) is 110 Å². The average Bonchev–Trinajstić information content (AvgIpc) is 2.56. The second-order valence-electron chi connectivity index (χ2n) is 4.46. The molecule has 0 saturated heterocycles. The Balaban J connectivity index is 1.89. The number of hydrogen-bond donors (Lipinski definition) is 2. The molecule has 8 nitrogen and oxygen atoms in total. The number of aromatic nitrogens is 1. The van der Waals surface area contributed by atoms with Gasteiger partial charge < -0.3 is 0 Å². The van der Waals surface area contributed by atoms with Crippen LogP contribution in [0.2, 0.25) is 10.0 Å². The summed E-state index contributed by atoms with van der Waals surface area (Å²) in [7, 11) is 0. The lowest BCUT2D eigenvalue weighted by Gasteiger charge is -2.08. The summed E-state index contributed by atoms with van der Waals surface area (Å²) in [5.41, 5.74) is 5.81. The van der Waals surface area contributed by atoms with Crippen LogP contribution in [0.1, 0.15) is 5.56 Å². The van der Waals surface area contributed by atoms with Gasteiger partial charge in [-0.2, -0.15) is 0 Å². The average molecular weight is 368 g/mol. The van der Waals surface area contributed by atoms with E-state index in [-0.39, 0.29) is 12.2 Å². The quantitative estimate of drug-likeness (QED) is 0.463. The Morgan fingerprint density at radius 1 is 1.33 bits per heavy atom. The van der Waals surface area contributed by atoms with Crippen LogP contribution in [0.25, 0.3) is 0 Å². The summed E-state index contributed by atoms with van der Waals surface area (Å²) >= 11 is 11.9. The molecule has 124 valence electrons. The van der Waals surface area contributed by atoms with Crippen LogP contribution in [-0.4, -0.2) is 22.0 Å². The van der Waals surface area contributed by atoms with Crippen molar-refractivity contribution in [1.29, 1.82) is 0 Å². The molecule has 1 aromatic carbocycles. The summed E-state index contributed by atoms with van der Waals surface area (Å²) in [5, 5.41) is 11.4. The predicted octanol–water partition coefficient (Wildman–Crippen LogP) is 2.82. The van der Waals surface area contributed by atoms with Gasteiger partial charge in [-0.05, 0) is 6.07 Å². The van der Waals surface area contributed by atoms with E-state index in [0.29, 0.717) is 21.3 Å². The molecule has 0 saturated carbocycles. The van der Waals surface area contributed by atoms with E-state index in [0.717, 1.165) is 6.21 Å². The number of nitrogens with zero attached hydrogens (tertiary/aromatic N) is 3. The maximum Gasteiger partial charge on any atom is 0.276 e. The fourth-order valence-corrected chi connectivity index (χ4v) is 2.18. The zero-order chi connectivity index (χ0) is 17.5. The van der Waals surface area contributed by atoms with Crippen LogP contribution in [0.5, 0.6) is 0 Å². The van der Waals surface area contributed by atoms with Gasteiger partial charge in [0.05, 0.1) is 26.9 Å². The first-order valence-electron chi connectivity index (χ1n) is 6.56. The zero-order valence-corrected chi connectivity index (χ0v) is 13.6. The Hall–Kier alpha value is -2.55. The Morgan fingerprint density at radius 2 is 2.04 bits per heavy atom. The maximum absolute atomic E-state index is 11.7. The van der Waals surface area contributed by atoms with Crippen molar-refractivity contribution >= 4 is 46.7 Å². The lowest BCUT2D eigenvalue weighted by Crippen LogP contribution is -2.37. The number of amides is 1. The Morgan fingerprint density at radius 3 is 2.71 bits per heavy atom. The summed E-state index contributed by atoms with van der Waals surface area (Å²) in [6.45, 7) is 0.191. The molecule has 10 heteroatoms. The number of aliphatic imine (C=N–C) groups is 1. The number of non-ortho nitro benzene ring substituents is 1. The molecular formula is C14H11Cl2N5O3. The Bertz CT molecular complexity index is 777. The van der Waals surface area contributed by atoms with Gasteiger partial charge in [-0.25, -0.2) is 5.43 Å². The number of pyridine rings is 1. The highest BCUT2D eigenvalue weighted by Crippen LogP contribution is 2.22. The van der Waals surface area contributed by atoms with Crippen molar-refractivity contribution < 1.29 is 9.72 Å². The SMILES string of the molecule is O=C(C=Nc1cccc([N+](=O)[O-])c1)NNCc1c(Cl)cncc1Cl. The second kappa shape index (κ2) is 8.34. The molecule has 0 radical (unpaired) electrons. The van der Waals surface area contributed by atoms with Gasteiger partial charge in [-0.15, -0.1) is 0 Å². The van der Waals surface area contributed by atoms with Crippen LogP contribution >= 0.6 is 23.2 Å². The number of hydrogen-bond acceptors (Lipinski definition) is 6. The molecular weight excluding hydrogens is 357 g/mol. The van der Waals surface area contributed by atoms with Crippen molar-refractivity contribution in [2.45, 2.75) is 6.54 Å². The number of nitrogens with one attached hydrogen (secondary N) is 2. The molecule has 0 spiro atoms. The summed E-state index contributed by atoms with van der Waals surface area (Å²) in [6.07, 6.45) is 3.88. The number of nitro groups is 1. The standard InChI is InChI=1S/C14H11Cl2N5O3/c15-12-6-17-7-13(16)11(12)5-19-20-14(22)8-18-9-2-1-3-10(4-9)21(23)24/h1-4,6-8,19H,5H2,(H,20,22). The molecule has 24 heavy (non-hydrogen) atoms. The van der Waals surface area contributed by atoms with Gasteiger partial charge in [0.1, 0.15) is 0 Å². The molecule has 2 N–H and O–H groups in total. The third-order valence-corrected chi connectivity index (χ3v) is 3.45. The highest BCUT2D eigenvalue weighted by Gasteiger charge is 2.07. The van der Waals surface area contributed by atoms with Crippen molar-refractivity contribution in [1.82, 2.24) is 15.8 Å². The molecule has 0 unspecified atom stereocenters. The lowest BCUT2D eigenvalue weighted by atomic mass is 10.3. The Labute approximate surface area is 146 Å². The van der Waals surface area contributed by atoms with Crippen molar-refractivity contribution in [3.8, 4) is 0 Å². The molecule has 0 bridgehead atoms. The molecule has 1 amide bonds. The fourth-order valence-electron chi connectivity index (χ4n) is 1.68. The number of nitro benzene ring substituents is 1. The van der Waals surface area contributed by atoms with Gasteiger partial charge in [0, 0.05) is 36.6 Å². The summed E-state index contributed by atoms with van der Waals surface area (Å²) in [4.78, 5) is 29.5. The molecule has 0 aliphatic heterocycles. The van der Waals surface area contributed by atoms with E-state index in [9.17, 15) is 14.9 Å². The first kappa shape index (κ1) is 17.8. The van der Waals surface area contributed by atoms with Crippen LogP contribution in [0, 0.1) is 10.1 Å². The summed E-state index contributed by atoms with van der Waals surface area (Å²) in [5.74, 6) is -0.539. The van der Waals surface area contributed by atoms with E-state index < -0.39 is 10.8 Å². The van der Waals surface area contributed by atoms with Crippen molar-refractivity contribution in [3.63, 3.8) is 0 Å². The van der Waals surface area contributed by atoms with Gasteiger partial charge in [0.15, 0.2) is 0 Å². The first-order chi connectivity index (χ1) is 11.5. The third kappa shape index (κ3) is 4.98. The molecule has 0 fully saturated rings. The number of hydrazine groups is 1. The minimum Gasteiger partial charge on any atom is -0.286 e. The fraction of sp³-hybridized carbons (Fsp3) is 0.0714. The van der Waals surface area contributed by atoms with Crippen LogP contribution in [-0.2, 0) is 11.3 Å². The van der Waals surface area contributed by atoms with E-state index in [4.69, 9.17) is 23.2 Å². The minimum absolute atomic E-state index is 0.106. The highest BCUT2D eigenvalue weighted by molar-refractivity contribution is 6.35. The van der Waals surface area contributed by atoms with Gasteiger partial charge in [0.25, 0.3) is 11.6 Å². The second-order valence-corrected chi connectivity index (χ2v) is 5.27. The summed E-state index contributed by atoms with van der Waals surface area (Å²) in [6, 6.07) is 5.62. The van der Waals surface area contributed by atoms with Gasteiger partial charge in [-0.1, -0.05) is 29.3 Å². The van der Waals surface area contributed by atoms with E-state index in [1.54, 1.807) is 6.07 Å². The van der Waals surface area contributed by atoms with E-state index in [2.05, 4.69) is 20.8 Å². The van der Waals surface area contributed by atoms with Gasteiger partial charge in [-0.3, -0.25) is 30.3 Å². The van der Waals surface area contributed by atoms with E-state index in [1.807, 2.05) is 0 Å². The van der Waals surface area contributed by atoms with Crippen molar-refractivity contribution in [2.24, 2.45) is 4.99 Å². The molecule has 0 aliphatic rings. The smallest absolute Gasteiger partial charge is 0.276 e. The predicted molar refractivity (Wildman–Crippen MR) is 90.5 cm³/mol. The summed E-state index contributed by atoms with van der Waals surface area (Å²) < 4.78 is 0. The van der Waals surface area contributed by atoms with Crippen LogP contribution < -0.4 is 10.9 Å². The number of rotatable bonds is 6. The molecule has 1 heterocycles. The monoisotopic (exact) mass is 367 g/mol. The van der Waals surface area contributed by atoms with Gasteiger partial charge in [0.2, 0.25) is 0 Å². The van der Waals surface area contributed by atoms with E-state index >= 15 is 0 Å². The number of carbonyl (C=O) groups is 1. The number of carbonyl (C=O) groups excluding carboxylic acids is 1. The Kier molecular flexibility index (Phi) is 6.19. The largest absolute Gasteiger partial charge is 0.286 e. The lowest BCUT2D eigenvalue weighted by molar-refractivity contribution is -0.384. The van der Waals surface area contributed by atoms with Crippen molar-refractivity contribution in [3.05, 3.63) is 62.4 Å². The molecule has 2 rings (SSSR count). The highest BCUT2D eigenvalue weighted by atomic mass is 35.5. The van der Waals surface area contributed by atoms with Gasteiger partial charge >= 0.3 is 0 Å². The van der Waals surface area contributed by atoms with Crippen LogP contribution in [0.15, 0.2) is 41.7 Å². The van der Waals surface area contributed by atoms with E-state index in [1.165, 1.54) is 30.6 Å². The molecule has 0 atom stereocenters. The molecule has 2 aromatic rings. The molecule has 1 aromatic heterocycles. The maximum atomic E-state index is 11.7.